The summed E-state index contributed by atoms with van der Waals surface area (Å²) < 4.78 is 1.82. The van der Waals surface area contributed by atoms with Crippen LogP contribution in [0.1, 0.15) is 11.1 Å². The van der Waals surface area contributed by atoms with E-state index < -0.39 is 0 Å². The monoisotopic (exact) mass is 365 g/mol. The Bertz CT molecular complexity index is 1270. The molecule has 0 atom stereocenters. The van der Waals surface area contributed by atoms with Gasteiger partial charge in [-0.15, -0.1) is 5.10 Å². The second-order valence-corrected chi connectivity index (χ2v) is 6.80. The van der Waals surface area contributed by atoms with Crippen LogP contribution < -0.4 is 5.32 Å². The summed E-state index contributed by atoms with van der Waals surface area (Å²) in [5.41, 5.74) is 6.03. The summed E-state index contributed by atoms with van der Waals surface area (Å²) in [6, 6.07) is 26.6. The molecular weight excluding hydrogens is 346 g/mol. The molecular formula is C23H19N5. The van der Waals surface area contributed by atoms with Crippen molar-refractivity contribution in [2.45, 2.75) is 13.5 Å². The predicted molar refractivity (Wildman–Crippen MR) is 112 cm³/mol. The minimum Gasteiger partial charge on any atom is -0.365 e. The fourth-order valence-corrected chi connectivity index (χ4v) is 3.47. The van der Waals surface area contributed by atoms with Crippen molar-refractivity contribution in [2.24, 2.45) is 0 Å². The van der Waals surface area contributed by atoms with Crippen LogP contribution in [0.15, 0.2) is 78.9 Å². The van der Waals surface area contributed by atoms with Crippen LogP contribution in [0.2, 0.25) is 0 Å². The van der Waals surface area contributed by atoms with Crippen LogP contribution in [0.3, 0.4) is 0 Å². The van der Waals surface area contributed by atoms with E-state index in [0.29, 0.717) is 6.54 Å². The summed E-state index contributed by atoms with van der Waals surface area (Å²) >= 11 is 0. The van der Waals surface area contributed by atoms with Gasteiger partial charge in [0.2, 0.25) is 0 Å². The Labute approximate surface area is 162 Å². The van der Waals surface area contributed by atoms with Crippen LogP contribution in [0.25, 0.3) is 27.8 Å². The van der Waals surface area contributed by atoms with E-state index in [-0.39, 0.29) is 0 Å². The van der Waals surface area contributed by atoms with Gasteiger partial charge in [-0.05, 0) is 30.2 Å². The predicted octanol–water partition coefficient (Wildman–Crippen LogP) is 4.87. The number of para-hydroxylation sites is 1. The van der Waals surface area contributed by atoms with Gasteiger partial charge in [0, 0.05) is 17.5 Å². The molecule has 0 saturated heterocycles. The van der Waals surface area contributed by atoms with Gasteiger partial charge in [0.05, 0.1) is 5.52 Å². The van der Waals surface area contributed by atoms with Crippen LogP contribution in [0, 0.1) is 6.92 Å². The molecule has 0 amide bonds. The van der Waals surface area contributed by atoms with E-state index in [1.807, 2.05) is 53.0 Å². The van der Waals surface area contributed by atoms with Crippen LogP contribution in [0.4, 0.5) is 5.82 Å². The first kappa shape index (κ1) is 16.4. The van der Waals surface area contributed by atoms with Gasteiger partial charge in [-0.3, -0.25) is 0 Å². The molecule has 0 aliphatic rings. The SMILES string of the molecule is Cc1ccccc1CNc1nc2c(-c3ccccc3)nnn2c2ccccc12. The summed E-state index contributed by atoms with van der Waals surface area (Å²) in [5, 5.41) is 13.3. The van der Waals surface area contributed by atoms with Crippen LogP contribution in [-0.2, 0) is 6.54 Å². The highest BCUT2D eigenvalue weighted by molar-refractivity contribution is 5.93. The average Bonchev–Trinajstić information content (AvgIpc) is 3.18. The van der Waals surface area contributed by atoms with E-state index >= 15 is 0 Å². The first-order valence-corrected chi connectivity index (χ1v) is 9.29. The zero-order chi connectivity index (χ0) is 18.9. The Balaban J connectivity index is 1.66. The third kappa shape index (κ3) is 2.77. The van der Waals surface area contributed by atoms with E-state index in [2.05, 4.69) is 52.9 Å². The molecule has 0 spiro atoms. The molecule has 0 aliphatic heterocycles. The van der Waals surface area contributed by atoms with Crippen molar-refractivity contribution in [3.05, 3.63) is 90.0 Å². The van der Waals surface area contributed by atoms with Crippen molar-refractivity contribution >= 4 is 22.4 Å². The van der Waals surface area contributed by atoms with Gasteiger partial charge in [-0.25, -0.2) is 4.98 Å². The minimum atomic E-state index is 0.710. The number of anilines is 1. The number of rotatable bonds is 4. The van der Waals surface area contributed by atoms with Crippen molar-refractivity contribution in [3.8, 4) is 11.3 Å². The summed E-state index contributed by atoms with van der Waals surface area (Å²) in [6.45, 7) is 2.84. The van der Waals surface area contributed by atoms with Gasteiger partial charge in [-0.1, -0.05) is 71.9 Å². The molecule has 2 aromatic heterocycles. The third-order valence-corrected chi connectivity index (χ3v) is 5.01. The Hall–Kier alpha value is -3.73. The lowest BCUT2D eigenvalue weighted by Crippen LogP contribution is -2.05. The molecule has 2 heterocycles. The number of hydrogen-bond acceptors (Lipinski definition) is 4. The molecule has 1 N–H and O–H groups in total. The van der Waals surface area contributed by atoms with E-state index in [1.165, 1.54) is 11.1 Å². The van der Waals surface area contributed by atoms with Crippen molar-refractivity contribution < 1.29 is 0 Å². The van der Waals surface area contributed by atoms with Crippen molar-refractivity contribution in [1.29, 1.82) is 0 Å². The van der Waals surface area contributed by atoms with Crippen LogP contribution in [-0.4, -0.2) is 19.8 Å². The Kier molecular flexibility index (Phi) is 3.98. The molecule has 136 valence electrons. The highest BCUT2D eigenvalue weighted by Crippen LogP contribution is 2.28. The number of nitrogens with one attached hydrogen (secondary N) is 1. The number of aryl methyl sites for hydroxylation is 1. The van der Waals surface area contributed by atoms with Gasteiger partial charge in [-0.2, -0.15) is 4.52 Å². The van der Waals surface area contributed by atoms with Gasteiger partial charge < -0.3 is 5.32 Å². The highest BCUT2D eigenvalue weighted by atomic mass is 15.4. The lowest BCUT2D eigenvalue weighted by molar-refractivity contribution is 0.876. The lowest BCUT2D eigenvalue weighted by Gasteiger charge is -2.12. The van der Waals surface area contributed by atoms with Gasteiger partial charge in [0.1, 0.15) is 11.5 Å². The number of hydrogen-bond donors (Lipinski definition) is 1. The fourth-order valence-electron chi connectivity index (χ4n) is 3.47. The second kappa shape index (κ2) is 6.78. The number of aromatic nitrogens is 4. The zero-order valence-corrected chi connectivity index (χ0v) is 15.5. The van der Waals surface area contributed by atoms with E-state index in [9.17, 15) is 0 Å². The maximum Gasteiger partial charge on any atom is 0.186 e. The Morgan fingerprint density at radius 3 is 2.46 bits per heavy atom. The standard InChI is InChI=1S/C23H19N5/c1-16-9-5-6-12-18(16)15-24-22-19-13-7-8-14-20(19)28-23(25-22)21(26-27-28)17-10-3-2-4-11-17/h2-14H,15H2,1H3,(H,24,25). The van der Waals surface area contributed by atoms with Gasteiger partial charge in [0.25, 0.3) is 0 Å². The maximum absolute atomic E-state index is 4.91. The summed E-state index contributed by atoms with van der Waals surface area (Å²) in [7, 11) is 0. The molecule has 5 rings (SSSR count). The minimum absolute atomic E-state index is 0.710. The van der Waals surface area contributed by atoms with E-state index in [1.54, 1.807) is 0 Å². The maximum atomic E-state index is 4.91. The van der Waals surface area contributed by atoms with E-state index in [0.717, 1.165) is 33.6 Å². The molecule has 0 saturated carbocycles. The normalized spacial score (nSPS) is 11.2. The van der Waals surface area contributed by atoms with Crippen molar-refractivity contribution in [2.75, 3.05) is 5.32 Å². The topological polar surface area (TPSA) is 55.1 Å². The quantitative estimate of drug-likeness (QED) is 0.494. The number of benzene rings is 3. The number of nitrogens with zero attached hydrogens (tertiary/aromatic N) is 4. The smallest absolute Gasteiger partial charge is 0.186 e. The van der Waals surface area contributed by atoms with Crippen LogP contribution in [0.5, 0.6) is 0 Å². The highest BCUT2D eigenvalue weighted by Gasteiger charge is 2.15. The molecule has 28 heavy (non-hydrogen) atoms. The summed E-state index contributed by atoms with van der Waals surface area (Å²) in [4.78, 5) is 4.91. The van der Waals surface area contributed by atoms with Crippen molar-refractivity contribution in [3.63, 3.8) is 0 Å². The first-order chi connectivity index (χ1) is 13.8. The molecule has 0 bridgehead atoms. The van der Waals surface area contributed by atoms with Gasteiger partial charge >= 0.3 is 0 Å². The average molecular weight is 365 g/mol. The summed E-state index contributed by atoms with van der Waals surface area (Å²) in [5.74, 6) is 0.839. The molecule has 0 unspecified atom stereocenters. The number of fused-ring (bicyclic) bond motifs is 3. The molecule has 5 heteroatoms. The molecule has 3 aromatic carbocycles. The van der Waals surface area contributed by atoms with Gasteiger partial charge in [0.15, 0.2) is 5.65 Å². The molecule has 0 aliphatic carbocycles. The molecule has 5 aromatic rings. The lowest BCUT2D eigenvalue weighted by atomic mass is 10.1. The fraction of sp³-hybridized carbons (Fsp3) is 0.0870. The molecule has 0 fully saturated rings. The molecule has 5 nitrogen and oxygen atoms in total. The van der Waals surface area contributed by atoms with E-state index in [4.69, 9.17) is 4.98 Å². The molecule has 0 radical (unpaired) electrons. The van der Waals surface area contributed by atoms with Crippen LogP contribution >= 0.6 is 0 Å². The third-order valence-electron chi connectivity index (χ3n) is 5.01. The second-order valence-electron chi connectivity index (χ2n) is 6.80. The van der Waals surface area contributed by atoms with Crippen molar-refractivity contribution in [1.82, 2.24) is 19.8 Å². The zero-order valence-electron chi connectivity index (χ0n) is 15.5. The summed E-state index contributed by atoms with van der Waals surface area (Å²) in [6.07, 6.45) is 0. The Morgan fingerprint density at radius 2 is 1.61 bits per heavy atom. The largest absolute Gasteiger partial charge is 0.365 e. The first-order valence-electron chi connectivity index (χ1n) is 9.29. The Morgan fingerprint density at radius 1 is 0.857 bits per heavy atom.